The molecule has 0 saturated carbocycles. The van der Waals surface area contributed by atoms with Crippen LogP contribution in [0.4, 0.5) is 5.69 Å². The number of para-hydroxylation sites is 1. The molecule has 1 aromatic heterocycles. The number of nitrogens with one attached hydrogen (secondary N) is 2. The average molecular weight is 290 g/mol. The van der Waals surface area contributed by atoms with Gasteiger partial charge in [-0.15, -0.1) is 5.10 Å². The van der Waals surface area contributed by atoms with Crippen molar-refractivity contribution in [3.05, 3.63) is 40.4 Å². The maximum atomic E-state index is 12.0. The van der Waals surface area contributed by atoms with Crippen LogP contribution >= 0.6 is 11.5 Å². The van der Waals surface area contributed by atoms with Crippen LogP contribution in [0.5, 0.6) is 0 Å². The monoisotopic (exact) mass is 290 g/mol. The number of rotatable bonds is 4. The third-order valence-corrected chi connectivity index (χ3v) is 3.46. The molecule has 0 fully saturated rings. The highest BCUT2D eigenvalue weighted by molar-refractivity contribution is 7.06. The number of amides is 2. The summed E-state index contributed by atoms with van der Waals surface area (Å²) < 4.78 is 3.72. The lowest BCUT2D eigenvalue weighted by molar-refractivity contribution is -0.115. The van der Waals surface area contributed by atoms with Crippen LogP contribution in [0.25, 0.3) is 0 Å². The Bertz CT molecular complexity index is 639. The number of aromatic nitrogens is 2. The van der Waals surface area contributed by atoms with Gasteiger partial charge in [-0.1, -0.05) is 22.7 Å². The first kappa shape index (κ1) is 14.1. The summed E-state index contributed by atoms with van der Waals surface area (Å²) in [7, 11) is 1.51. The Morgan fingerprint density at radius 2 is 2.05 bits per heavy atom. The van der Waals surface area contributed by atoms with Crippen LogP contribution in [-0.4, -0.2) is 28.4 Å². The van der Waals surface area contributed by atoms with Gasteiger partial charge in [0.05, 0.1) is 11.3 Å². The fraction of sp³-hybridized carbons (Fsp3) is 0.231. The van der Waals surface area contributed by atoms with Gasteiger partial charge in [-0.25, -0.2) is 0 Å². The Kier molecular flexibility index (Phi) is 4.41. The van der Waals surface area contributed by atoms with Crippen molar-refractivity contribution in [2.24, 2.45) is 0 Å². The zero-order valence-electron chi connectivity index (χ0n) is 11.1. The minimum absolute atomic E-state index is 0.0781. The second kappa shape index (κ2) is 6.25. The van der Waals surface area contributed by atoms with E-state index in [1.165, 1.54) is 7.05 Å². The lowest BCUT2D eigenvalue weighted by atomic mass is 10.2. The number of aryl methyl sites for hydroxylation is 1. The van der Waals surface area contributed by atoms with Crippen LogP contribution < -0.4 is 10.6 Å². The summed E-state index contributed by atoms with van der Waals surface area (Å²) in [4.78, 5) is 24.1. The molecule has 0 saturated heterocycles. The maximum Gasteiger partial charge on any atom is 0.272 e. The van der Waals surface area contributed by atoms with Crippen LogP contribution in [0.3, 0.4) is 0 Å². The first-order chi connectivity index (χ1) is 9.61. The van der Waals surface area contributed by atoms with E-state index >= 15 is 0 Å². The summed E-state index contributed by atoms with van der Waals surface area (Å²) >= 11 is 1.05. The van der Waals surface area contributed by atoms with Gasteiger partial charge < -0.3 is 10.6 Å². The second-order valence-corrected chi connectivity index (χ2v) is 5.00. The predicted octanol–water partition coefficient (Wildman–Crippen LogP) is 1.39. The van der Waals surface area contributed by atoms with Crippen LogP contribution in [-0.2, 0) is 11.2 Å². The topological polar surface area (TPSA) is 84.0 Å². The third kappa shape index (κ3) is 3.18. The second-order valence-electron chi connectivity index (χ2n) is 4.16. The van der Waals surface area contributed by atoms with Crippen molar-refractivity contribution in [2.75, 3.05) is 12.4 Å². The molecular weight excluding hydrogens is 276 g/mol. The number of carbonyl (C=O) groups excluding carboxylic acids is 2. The van der Waals surface area contributed by atoms with Crippen LogP contribution in [0.2, 0.25) is 0 Å². The number of hydrogen-bond acceptors (Lipinski definition) is 5. The van der Waals surface area contributed by atoms with E-state index in [0.29, 0.717) is 4.88 Å². The highest BCUT2D eigenvalue weighted by Crippen LogP contribution is 2.16. The largest absolute Gasteiger partial charge is 0.354 e. The quantitative estimate of drug-likeness (QED) is 0.891. The molecule has 2 N–H and O–H groups in total. The highest BCUT2D eigenvalue weighted by Gasteiger charge is 2.18. The summed E-state index contributed by atoms with van der Waals surface area (Å²) in [5.41, 5.74) is 1.95. The highest BCUT2D eigenvalue weighted by atomic mass is 32.1. The van der Waals surface area contributed by atoms with E-state index in [2.05, 4.69) is 20.2 Å². The van der Waals surface area contributed by atoms with Gasteiger partial charge >= 0.3 is 0 Å². The van der Waals surface area contributed by atoms with Gasteiger partial charge in [-0.2, -0.15) is 0 Å². The minimum Gasteiger partial charge on any atom is -0.354 e. The van der Waals surface area contributed by atoms with Crippen molar-refractivity contribution in [1.82, 2.24) is 14.9 Å². The number of hydrogen-bond donors (Lipinski definition) is 2. The lowest BCUT2D eigenvalue weighted by Crippen LogP contribution is -2.21. The van der Waals surface area contributed by atoms with E-state index in [1.807, 2.05) is 31.2 Å². The van der Waals surface area contributed by atoms with Crippen molar-refractivity contribution in [2.45, 2.75) is 13.3 Å². The molecule has 2 aromatic rings. The van der Waals surface area contributed by atoms with Crippen LogP contribution in [0.15, 0.2) is 24.3 Å². The molecule has 104 valence electrons. The van der Waals surface area contributed by atoms with Crippen molar-refractivity contribution in [1.29, 1.82) is 0 Å². The molecule has 0 spiro atoms. The fourth-order valence-electron chi connectivity index (χ4n) is 1.67. The Labute approximate surface area is 120 Å². The molecule has 0 aliphatic rings. The van der Waals surface area contributed by atoms with E-state index in [4.69, 9.17) is 0 Å². The van der Waals surface area contributed by atoms with Crippen molar-refractivity contribution in [3.63, 3.8) is 0 Å². The number of nitrogens with zero attached hydrogens (tertiary/aromatic N) is 2. The van der Waals surface area contributed by atoms with E-state index in [9.17, 15) is 9.59 Å². The molecule has 1 aromatic carbocycles. The molecule has 0 bridgehead atoms. The summed E-state index contributed by atoms with van der Waals surface area (Å²) in [5.74, 6) is -0.534. The zero-order valence-corrected chi connectivity index (χ0v) is 12.0. The molecule has 0 atom stereocenters. The molecule has 1 heterocycles. The van der Waals surface area contributed by atoms with Gasteiger partial charge in [0, 0.05) is 12.7 Å². The number of benzene rings is 1. The normalized spacial score (nSPS) is 10.1. The van der Waals surface area contributed by atoms with E-state index in [0.717, 1.165) is 22.8 Å². The molecule has 2 amide bonds. The van der Waals surface area contributed by atoms with Gasteiger partial charge in [0.15, 0.2) is 5.69 Å². The van der Waals surface area contributed by atoms with Crippen LogP contribution in [0, 0.1) is 6.92 Å². The van der Waals surface area contributed by atoms with Gasteiger partial charge in [0.2, 0.25) is 5.91 Å². The van der Waals surface area contributed by atoms with Crippen molar-refractivity contribution < 1.29 is 9.59 Å². The summed E-state index contributed by atoms with van der Waals surface area (Å²) in [6.07, 6.45) is 0.0781. The first-order valence-corrected chi connectivity index (χ1v) is 6.78. The van der Waals surface area contributed by atoms with E-state index in [1.54, 1.807) is 0 Å². The molecule has 2 rings (SSSR count). The summed E-state index contributed by atoms with van der Waals surface area (Å²) in [6.45, 7) is 1.92. The lowest BCUT2D eigenvalue weighted by Gasteiger charge is -2.07. The van der Waals surface area contributed by atoms with E-state index in [-0.39, 0.29) is 23.9 Å². The number of anilines is 1. The molecule has 0 radical (unpaired) electrons. The standard InChI is InChI=1S/C13H14N4O2S/c1-8-5-3-4-6-9(8)15-11(18)7-10-12(13(19)14-2)16-17-20-10/h3-6H,7H2,1-2H3,(H,14,19)(H,15,18). The smallest absolute Gasteiger partial charge is 0.272 e. The Balaban J connectivity index is 2.08. The first-order valence-electron chi connectivity index (χ1n) is 6.00. The Morgan fingerprint density at radius 1 is 1.30 bits per heavy atom. The van der Waals surface area contributed by atoms with E-state index < -0.39 is 0 Å². The van der Waals surface area contributed by atoms with Gasteiger partial charge in [0.1, 0.15) is 0 Å². The molecule has 6 nitrogen and oxygen atoms in total. The fourth-order valence-corrected chi connectivity index (χ4v) is 2.31. The summed E-state index contributed by atoms with van der Waals surface area (Å²) in [6, 6.07) is 7.51. The third-order valence-electron chi connectivity index (χ3n) is 2.74. The summed E-state index contributed by atoms with van der Waals surface area (Å²) in [5, 5.41) is 9.03. The Hall–Kier alpha value is -2.28. The molecular formula is C13H14N4O2S. The molecule has 0 aliphatic heterocycles. The molecule has 0 aliphatic carbocycles. The molecule has 20 heavy (non-hydrogen) atoms. The zero-order chi connectivity index (χ0) is 14.5. The predicted molar refractivity (Wildman–Crippen MR) is 76.8 cm³/mol. The van der Waals surface area contributed by atoms with Gasteiger partial charge in [0.25, 0.3) is 5.91 Å². The SMILES string of the molecule is CNC(=O)c1nnsc1CC(=O)Nc1ccccc1C. The molecule has 0 unspecified atom stereocenters. The van der Waals surface area contributed by atoms with Gasteiger partial charge in [-0.3, -0.25) is 9.59 Å². The Morgan fingerprint density at radius 3 is 2.75 bits per heavy atom. The van der Waals surface area contributed by atoms with Crippen molar-refractivity contribution in [3.8, 4) is 0 Å². The average Bonchev–Trinajstić information content (AvgIpc) is 2.88. The number of carbonyl (C=O) groups is 2. The van der Waals surface area contributed by atoms with Crippen molar-refractivity contribution >= 4 is 29.0 Å². The molecule has 7 heteroatoms. The minimum atomic E-state index is -0.336. The van der Waals surface area contributed by atoms with Gasteiger partial charge in [-0.05, 0) is 30.1 Å². The maximum absolute atomic E-state index is 12.0. The van der Waals surface area contributed by atoms with Crippen LogP contribution in [0.1, 0.15) is 20.9 Å².